The number of ether oxygens (including phenoxy) is 3. The number of methoxy groups -OCH3 is 1. The lowest BCUT2D eigenvalue weighted by atomic mass is 9.89. The van der Waals surface area contributed by atoms with E-state index in [1.807, 2.05) is 32.9 Å². The molecular formula is C21H30N2O5. The van der Waals surface area contributed by atoms with Crippen molar-refractivity contribution in [3.8, 4) is 0 Å². The van der Waals surface area contributed by atoms with Crippen LogP contribution in [-0.2, 0) is 14.2 Å². The molecule has 1 aromatic carbocycles. The summed E-state index contributed by atoms with van der Waals surface area (Å²) in [6.07, 6.45) is 1.41. The van der Waals surface area contributed by atoms with Gasteiger partial charge in [-0.2, -0.15) is 0 Å². The van der Waals surface area contributed by atoms with Gasteiger partial charge in [0.15, 0.2) is 0 Å². The first-order chi connectivity index (χ1) is 13.2. The number of benzene rings is 1. The smallest absolute Gasteiger partial charge is 0.410 e. The minimum Gasteiger partial charge on any atom is -0.465 e. The number of carbonyl (C=O) groups is 2. The van der Waals surface area contributed by atoms with Crippen LogP contribution in [0.25, 0.3) is 0 Å². The molecule has 7 heteroatoms. The number of morpholine rings is 1. The first kappa shape index (κ1) is 20.5. The number of rotatable bonds is 2. The third-order valence-electron chi connectivity index (χ3n) is 5.23. The molecule has 1 amide bonds. The molecule has 0 saturated carbocycles. The summed E-state index contributed by atoms with van der Waals surface area (Å²) in [5.74, 6) is -0.331. The molecule has 0 unspecified atom stereocenters. The van der Waals surface area contributed by atoms with Crippen LogP contribution in [0, 0.1) is 0 Å². The Labute approximate surface area is 166 Å². The summed E-state index contributed by atoms with van der Waals surface area (Å²) in [7, 11) is 1.38. The number of piperidine rings is 1. The maximum Gasteiger partial charge on any atom is 0.410 e. The maximum atomic E-state index is 12.4. The standard InChI is InChI=1S/C21H30N2O5/c1-20(2,3)28-19(25)23-13-14-27-21(15-23)9-11-22(12-10-21)17-7-5-16(6-8-17)18(24)26-4/h5-8H,9-15H2,1-4H3. The lowest BCUT2D eigenvalue weighted by Gasteiger charge is -2.47. The molecule has 28 heavy (non-hydrogen) atoms. The van der Waals surface area contributed by atoms with Crippen molar-refractivity contribution in [2.24, 2.45) is 0 Å². The lowest BCUT2D eigenvalue weighted by molar-refractivity contribution is -0.119. The van der Waals surface area contributed by atoms with E-state index in [1.54, 1.807) is 17.0 Å². The normalized spacial score (nSPS) is 19.4. The topological polar surface area (TPSA) is 68.3 Å². The number of carbonyl (C=O) groups excluding carboxylic acids is 2. The van der Waals surface area contributed by atoms with E-state index in [1.165, 1.54) is 7.11 Å². The molecule has 0 bridgehead atoms. The maximum absolute atomic E-state index is 12.4. The van der Waals surface area contributed by atoms with E-state index in [9.17, 15) is 9.59 Å². The Hall–Kier alpha value is -2.28. The molecule has 3 rings (SSSR count). The quantitative estimate of drug-likeness (QED) is 0.723. The summed E-state index contributed by atoms with van der Waals surface area (Å²) in [6, 6.07) is 7.46. The van der Waals surface area contributed by atoms with Crippen LogP contribution in [0.4, 0.5) is 10.5 Å². The molecule has 0 aromatic heterocycles. The van der Waals surface area contributed by atoms with Crippen LogP contribution < -0.4 is 4.90 Å². The fraction of sp³-hybridized carbons (Fsp3) is 0.619. The molecule has 2 saturated heterocycles. The van der Waals surface area contributed by atoms with E-state index in [-0.39, 0.29) is 17.7 Å². The fourth-order valence-corrected chi connectivity index (χ4v) is 3.73. The zero-order valence-electron chi connectivity index (χ0n) is 17.2. The van der Waals surface area contributed by atoms with Gasteiger partial charge in [-0.05, 0) is 57.9 Å². The van der Waals surface area contributed by atoms with Crippen molar-refractivity contribution in [3.63, 3.8) is 0 Å². The van der Waals surface area contributed by atoms with Crippen molar-refractivity contribution in [1.82, 2.24) is 4.90 Å². The van der Waals surface area contributed by atoms with E-state index in [4.69, 9.17) is 14.2 Å². The van der Waals surface area contributed by atoms with E-state index in [2.05, 4.69) is 4.90 Å². The van der Waals surface area contributed by atoms with Crippen LogP contribution in [0.2, 0.25) is 0 Å². The number of amides is 1. The minimum atomic E-state index is -0.498. The van der Waals surface area contributed by atoms with Crippen molar-refractivity contribution in [1.29, 1.82) is 0 Å². The van der Waals surface area contributed by atoms with Gasteiger partial charge in [0.25, 0.3) is 0 Å². The van der Waals surface area contributed by atoms with Crippen LogP contribution in [-0.4, -0.2) is 68.1 Å². The Balaban J connectivity index is 1.59. The first-order valence-corrected chi connectivity index (χ1v) is 9.77. The second-order valence-corrected chi connectivity index (χ2v) is 8.46. The Morgan fingerprint density at radius 2 is 1.71 bits per heavy atom. The highest BCUT2D eigenvalue weighted by atomic mass is 16.6. The average molecular weight is 390 g/mol. The van der Waals surface area contributed by atoms with Gasteiger partial charge < -0.3 is 24.0 Å². The second kappa shape index (κ2) is 7.99. The lowest BCUT2D eigenvalue weighted by Crippen LogP contribution is -2.58. The molecule has 1 aromatic rings. The molecule has 2 aliphatic rings. The predicted molar refractivity (Wildman–Crippen MR) is 106 cm³/mol. The zero-order chi connectivity index (χ0) is 20.4. The predicted octanol–water partition coefficient (Wildman–Crippen LogP) is 3.08. The van der Waals surface area contributed by atoms with Crippen molar-refractivity contribution in [2.75, 3.05) is 44.8 Å². The Kier molecular flexibility index (Phi) is 5.84. The first-order valence-electron chi connectivity index (χ1n) is 9.77. The Morgan fingerprint density at radius 1 is 1.07 bits per heavy atom. The van der Waals surface area contributed by atoms with Crippen molar-refractivity contribution < 1.29 is 23.8 Å². The molecule has 7 nitrogen and oxygen atoms in total. The van der Waals surface area contributed by atoms with Crippen molar-refractivity contribution >= 4 is 17.7 Å². The molecule has 0 atom stereocenters. The molecular weight excluding hydrogens is 360 g/mol. The minimum absolute atomic E-state index is 0.268. The van der Waals surface area contributed by atoms with Crippen molar-refractivity contribution in [2.45, 2.75) is 44.8 Å². The Bertz CT molecular complexity index is 703. The van der Waals surface area contributed by atoms with Crippen LogP contribution in [0.5, 0.6) is 0 Å². The molecule has 2 fully saturated rings. The van der Waals surface area contributed by atoms with Crippen LogP contribution in [0.1, 0.15) is 44.0 Å². The number of esters is 1. The Morgan fingerprint density at radius 3 is 2.29 bits per heavy atom. The summed E-state index contributed by atoms with van der Waals surface area (Å²) in [5, 5.41) is 0. The van der Waals surface area contributed by atoms with Gasteiger partial charge in [0.2, 0.25) is 0 Å². The van der Waals surface area contributed by atoms with Crippen molar-refractivity contribution in [3.05, 3.63) is 29.8 Å². The molecule has 1 spiro atoms. The van der Waals surface area contributed by atoms with Gasteiger partial charge in [0.1, 0.15) is 5.60 Å². The van der Waals surface area contributed by atoms with E-state index >= 15 is 0 Å². The molecule has 2 heterocycles. The summed E-state index contributed by atoms with van der Waals surface area (Å²) >= 11 is 0. The molecule has 2 aliphatic heterocycles. The van der Waals surface area contributed by atoms with Gasteiger partial charge in [-0.25, -0.2) is 9.59 Å². The third kappa shape index (κ3) is 4.76. The van der Waals surface area contributed by atoms with Gasteiger partial charge in [-0.15, -0.1) is 0 Å². The van der Waals surface area contributed by atoms with Gasteiger partial charge in [-0.3, -0.25) is 0 Å². The number of hydrogen-bond donors (Lipinski definition) is 0. The van der Waals surface area contributed by atoms with E-state index in [0.717, 1.165) is 31.6 Å². The van der Waals surface area contributed by atoms with Gasteiger partial charge in [0.05, 0.1) is 31.4 Å². The molecule has 0 radical (unpaired) electrons. The zero-order valence-corrected chi connectivity index (χ0v) is 17.2. The molecule has 154 valence electrons. The summed E-state index contributed by atoms with van der Waals surface area (Å²) in [6.45, 7) is 8.97. The van der Waals surface area contributed by atoms with Crippen LogP contribution >= 0.6 is 0 Å². The fourth-order valence-electron chi connectivity index (χ4n) is 3.73. The van der Waals surface area contributed by atoms with Crippen LogP contribution in [0.3, 0.4) is 0 Å². The molecule has 0 N–H and O–H groups in total. The summed E-state index contributed by atoms with van der Waals surface area (Å²) in [4.78, 5) is 28.1. The average Bonchev–Trinajstić information content (AvgIpc) is 2.67. The monoisotopic (exact) mass is 390 g/mol. The highest BCUT2D eigenvalue weighted by Crippen LogP contribution is 2.33. The summed E-state index contributed by atoms with van der Waals surface area (Å²) in [5.41, 5.74) is 0.811. The van der Waals surface area contributed by atoms with E-state index in [0.29, 0.717) is 25.3 Å². The van der Waals surface area contributed by atoms with Gasteiger partial charge in [-0.1, -0.05) is 0 Å². The summed E-state index contributed by atoms with van der Waals surface area (Å²) < 4.78 is 16.4. The second-order valence-electron chi connectivity index (χ2n) is 8.46. The van der Waals surface area contributed by atoms with Gasteiger partial charge >= 0.3 is 12.1 Å². The molecule has 0 aliphatic carbocycles. The number of hydrogen-bond acceptors (Lipinski definition) is 6. The third-order valence-corrected chi connectivity index (χ3v) is 5.23. The van der Waals surface area contributed by atoms with E-state index < -0.39 is 5.60 Å². The SMILES string of the molecule is COC(=O)c1ccc(N2CCC3(CC2)CN(C(=O)OC(C)(C)C)CCO3)cc1. The number of anilines is 1. The highest BCUT2D eigenvalue weighted by Gasteiger charge is 2.42. The van der Waals surface area contributed by atoms with Gasteiger partial charge in [0, 0.05) is 25.3 Å². The largest absolute Gasteiger partial charge is 0.465 e. The number of nitrogens with zero attached hydrogens (tertiary/aromatic N) is 2. The highest BCUT2D eigenvalue weighted by molar-refractivity contribution is 5.89. The van der Waals surface area contributed by atoms with Crippen LogP contribution in [0.15, 0.2) is 24.3 Å².